The van der Waals surface area contributed by atoms with Crippen LogP contribution in [-0.2, 0) is 0 Å². The Bertz CT molecular complexity index is 801. The molecule has 0 saturated heterocycles. The van der Waals surface area contributed by atoms with Crippen molar-refractivity contribution in [2.45, 2.75) is 6.92 Å². The number of hydrazine groups is 1. The molecule has 0 fully saturated rings. The van der Waals surface area contributed by atoms with Gasteiger partial charge in [0.05, 0.1) is 11.4 Å². The number of benzene rings is 1. The van der Waals surface area contributed by atoms with Crippen molar-refractivity contribution in [1.29, 1.82) is 5.26 Å². The molecule has 1 amide bonds. The number of carbonyl (C=O) groups excluding carboxylic acids is 1. The van der Waals surface area contributed by atoms with E-state index in [1.54, 1.807) is 30.3 Å². The molecule has 2 aromatic rings. The first-order valence-corrected chi connectivity index (χ1v) is 5.90. The number of nitrogens with two attached hydrogens (primary N) is 2. The molecule has 8 heteroatoms. The summed E-state index contributed by atoms with van der Waals surface area (Å²) in [6, 6.07) is 8.52. The van der Waals surface area contributed by atoms with Crippen LogP contribution in [0.5, 0.6) is 0 Å². The maximum atomic E-state index is 12.2. The zero-order valence-electron chi connectivity index (χ0n) is 11.1. The number of aryl methyl sites for hydroxylation is 1. The highest BCUT2D eigenvalue weighted by Gasteiger charge is 2.20. The molecule has 0 atom stereocenters. The molecule has 0 aliphatic rings. The largest absolute Gasteiger partial charge is 0.396 e. The summed E-state index contributed by atoms with van der Waals surface area (Å²) in [5, 5.41) is 12.9. The van der Waals surface area contributed by atoms with E-state index in [2.05, 4.69) is 5.10 Å². The third kappa shape index (κ3) is 2.45. The van der Waals surface area contributed by atoms with E-state index in [-0.39, 0.29) is 16.9 Å². The van der Waals surface area contributed by atoms with Gasteiger partial charge < -0.3 is 5.73 Å². The molecular weight excluding hydrogens is 272 g/mol. The second-order valence-corrected chi connectivity index (χ2v) is 4.28. The highest BCUT2D eigenvalue weighted by atomic mass is 16.2. The Hall–Kier alpha value is -3.18. The van der Waals surface area contributed by atoms with Crippen LogP contribution in [-0.4, -0.2) is 15.7 Å². The van der Waals surface area contributed by atoms with Gasteiger partial charge in [0.15, 0.2) is 5.69 Å². The summed E-state index contributed by atoms with van der Waals surface area (Å²) in [5.74, 6) is 4.26. The SMILES string of the molecule is Cc1ccc(-n2nc(C(=O)NN)c(N)c(C#N)c2=O)cc1. The van der Waals surface area contributed by atoms with E-state index in [1.165, 1.54) is 0 Å². The maximum Gasteiger partial charge on any atom is 0.291 e. The number of nitrogen functional groups attached to an aromatic ring is 2. The zero-order valence-corrected chi connectivity index (χ0v) is 11.1. The zero-order chi connectivity index (χ0) is 15.6. The number of nitrogens with zero attached hydrogens (tertiary/aromatic N) is 3. The number of hydrogen-bond acceptors (Lipinski definition) is 6. The third-order valence-corrected chi connectivity index (χ3v) is 2.87. The number of rotatable bonds is 2. The standard InChI is InChI=1S/C13H12N6O2/c1-7-2-4-8(5-3-7)19-13(21)9(6-14)10(15)11(18-19)12(20)17-16/h2-5H,15-16H2,1H3,(H,17,20). The number of carbonyl (C=O) groups is 1. The number of aromatic nitrogens is 2. The number of amides is 1. The van der Waals surface area contributed by atoms with Gasteiger partial charge >= 0.3 is 0 Å². The molecule has 8 nitrogen and oxygen atoms in total. The molecule has 0 aliphatic carbocycles. The quantitative estimate of drug-likeness (QED) is 0.389. The first-order valence-electron chi connectivity index (χ1n) is 5.90. The third-order valence-electron chi connectivity index (χ3n) is 2.87. The summed E-state index contributed by atoms with van der Waals surface area (Å²) < 4.78 is 0.943. The van der Waals surface area contributed by atoms with Crippen LogP contribution >= 0.6 is 0 Å². The van der Waals surface area contributed by atoms with E-state index in [0.717, 1.165) is 10.2 Å². The van der Waals surface area contributed by atoms with Crippen molar-refractivity contribution >= 4 is 11.6 Å². The molecule has 0 aliphatic heterocycles. The lowest BCUT2D eigenvalue weighted by Gasteiger charge is -2.10. The van der Waals surface area contributed by atoms with Gasteiger partial charge in [0, 0.05) is 0 Å². The van der Waals surface area contributed by atoms with Crippen LogP contribution in [0.15, 0.2) is 29.1 Å². The molecule has 21 heavy (non-hydrogen) atoms. The molecule has 106 valence electrons. The Balaban J connectivity index is 2.78. The normalized spacial score (nSPS) is 9.95. The molecule has 0 bridgehead atoms. The highest BCUT2D eigenvalue weighted by Crippen LogP contribution is 2.13. The summed E-state index contributed by atoms with van der Waals surface area (Å²) in [4.78, 5) is 23.9. The molecule has 0 spiro atoms. The maximum absolute atomic E-state index is 12.2. The molecule has 0 unspecified atom stereocenters. The van der Waals surface area contributed by atoms with Gasteiger partial charge in [-0.3, -0.25) is 15.0 Å². The van der Waals surface area contributed by atoms with E-state index in [0.29, 0.717) is 5.69 Å². The Kier molecular flexibility index (Phi) is 3.69. The van der Waals surface area contributed by atoms with Crippen LogP contribution in [0, 0.1) is 18.3 Å². The molecular formula is C13H12N6O2. The van der Waals surface area contributed by atoms with Crippen LogP contribution < -0.4 is 22.6 Å². The Morgan fingerprint density at radius 2 is 2.00 bits per heavy atom. The average molecular weight is 284 g/mol. The van der Waals surface area contributed by atoms with Crippen LogP contribution in [0.1, 0.15) is 21.6 Å². The van der Waals surface area contributed by atoms with Crippen molar-refractivity contribution in [1.82, 2.24) is 15.2 Å². The Morgan fingerprint density at radius 1 is 1.38 bits per heavy atom. The first-order chi connectivity index (χ1) is 9.99. The molecule has 1 aromatic heterocycles. The lowest BCUT2D eigenvalue weighted by Crippen LogP contribution is -2.35. The van der Waals surface area contributed by atoms with Crippen LogP contribution in [0.2, 0.25) is 0 Å². The van der Waals surface area contributed by atoms with Crippen LogP contribution in [0.3, 0.4) is 0 Å². The second kappa shape index (κ2) is 5.44. The lowest BCUT2D eigenvalue weighted by molar-refractivity contribution is 0.0948. The topological polar surface area (TPSA) is 140 Å². The van der Waals surface area contributed by atoms with Gasteiger partial charge in [0.1, 0.15) is 11.6 Å². The molecule has 1 heterocycles. The van der Waals surface area contributed by atoms with E-state index < -0.39 is 11.5 Å². The predicted octanol–water partition coefficient (Wildman–Crippen LogP) is -0.402. The smallest absolute Gasteiger partial charge is 0.291 e. The number of anilines is 1. The van der Waals surface area contributed by atoms with Crippen molar-refractivity contribution in [3.05, 3.63) is 51.4 Å². The van der Waals surface area contributed by atoms with Gasteiger partial charge in [-0.15, -0.1) is 0 Å². The van der Waals surface area contributed by atoms with Gasteiger partial charge in [-0.25, -0.2) is 5.84 Å². The van der Waals surface area contributed by atoms with Gasteiger partial charge in [0.2, 0.25) is 0 Å². The minimum atomic E-state index is -0.787. The van der Waals surface area contributed by atoms with Gasteiger partial charge in [-0.05, 0) is 19.1 Å². The summed E-state index contributed by atoms with van der Waals surface area (Å²) in [7, 11) is 0. The molecule has 5 N–H and O–H groups in total. The summed E-state index contributed by atoms with van der Waals surface area (Å²) in [6.45, 7) is 1.89. The molecule has 0 saturated carbocycles. The highest BCUT2D eigenvalue weighted by molar-refractivity contribution is 5.97. The first kappa shape index (κ1) is 14.2. The molecule has 2 rings (SSSR count). The van der Waals surface area contributed by atoms with Crippen LogP contribution in [0.4, 0.5) is 5.69 Å². The minimum absolute atomic E-state index is 0.283. The fourth-order valence-corrected chi connectivity index (χ4v) is 1.74. The monoisotopic (exact) mass is 284 g/mol. The van der Waals surface area contributed by atoms with Crippen LogP contribution in [0.25, 0.3) is 5.69 Å². The fraction of sp³-hybridized carbons (Fsp3) is 0.0769. The summed E-state index contributed by atoms with van der Waals surface area (Å²) >= 11 is 0. The van der Waals surface area contributed by atoms with Gasteiger partial charge in [-0.2, -0.15) is 15.0 Å². The fourth-order valence-electron chi connectivity index (χ4n) is 1.74. The summed E-state index contributed by atoms with van der Waals surface area (Å²) in [5.41, 5.74) is 7.26. The molecule has 0 radical (unpaired) electrons. The minimum Gasteiger partial charge on any atom is -0.396 e. The van der Waals surface area contributed by atoms with E-state index in [9.17, 15) is 9.59 Å². The van der Waals surface area contributed by atoms with Gasteiger partial charge in [0.25, 0.3) is 11.5 Å². The second-order valence-electron chi connectivity index (χ2n) is 4.28. The average Bonchev–Trinajstić information content (AvgIpc) is 2.48. The van der Waals surface area contributed by atoms with E-state index >= 15 is 0 Å². The van der Waals surface area contributed by atoms with Crippen molar-refractivity contribution in [3.8, 4) is 11.8 Å². The number of nitriles is 1. The Morgan fingerprint density at radius 3 is 2.52 bits per heavy atom. The number of nitrogens with one attached hydrogen (secondary N) is 1. The van der Waals surface area contributed by atoms with E-state index in [1.807, 2.05) is 12.3 Å². The molecule has 1 aromatic carbocycles. The summed E-state index contributed by atoms with van der Waals surface area (Å²) in [6.07, 6.45) is 0. The van der Waals surface area contributed by atoms with Crippen molar-refractivity contribution < 1.29 is 4.79 Å². The van der Waals surface area contributed by atoms with Gasteiger partial charge in [-0.1, -0.05) is 17.7 Å². The Labute approximate surface area is 119 Å². The van der Waals surface area contributed by atoms with Crippen molar-refractivity contribution in [2.24, 2.45) is 5.84 Å². The van der Waals surface area contributed by atoms with Crippen molar-refractivity contribution in [2.75, 3.05) is 5.73 Å². The number of hydrogen-bond donors (Lipinski definition) is 3. The lowest BCUT2D eigenvalue weighted by atomic mass is 10.2. The van der Waals surface area contributed by atoms with E-state index in [4.69, 9.17) is 16.8 Å². The predicted molar refractivity (Wildman–Crippen MR) is 75.4 cm³/mol. The van der Waals surface area contributed by atoms with Crippen molar-refractivity contribution in [3.63, 3.8) is 0 Å².